The molecule has 1 N–H and O–H groups in total. The maximum Gasteiger partial charge on any atom is 0.333 e. The van der Waals surface area contributed by atoms with E-state index in [-0.39, 0.29) is 54.5 Å². The van der Waals surface area contributed by atoms with Crippen LogP contribution in [0.1, 0.15) is 160 Å². The lowest BCUT2D eigenvalue weighted by molar-refractivity contribution is -0.302. The van der Waals surface area contributed by atoms with Crippen molar-refractivity contribution in [2.75, 3.05) is 37.9 Å². The molecular formula is C36H76O7S. The van der Waals surface area contributed by atoms with Crippen LogP contribution in [0, 0.1) is 5.41 Å². The minimum absolute atomic E-state index is 0. The fraction of sp³-hybridized carbons (Fsp3) is 0.889. The van der Waals surface area contributed by atoms with Crippen molar-refractivity contribution < 1.29 is 33.9 Å². The normalized spacial score (nSPS) is 11.2. The molecular weight excluding hydrogens is 576 g/mol. The van der Waals surface area contributed by atoms with Gasteiger partial charge in [-0.15, -0.1) is 0 Å². The second kappa shape index (κ2) is 36.4. The molecule has 0 radical (unpaired) electrons. The lowest BCUT2D eigenvalue weighted by Gasteiger charge is -2.22. The first-order valence-corrected chi connectivity index (χ1v) is 16.9. The molecule has 0 saturated heterocycles. The molecule has 0 aliphatic rings. The van der Waals surface area contributed by atoms with Crippen molar-refractivity contribution in [3.63, 3.8) is 0 Å². The molecule has 0 rings (SSSR count). The van der Waals surface area contributed by atoms with Crippen LogP contribution in [0.15, 0.2) is 12.2 Å². The number of aliphatic hydroxyl groups excluding tert-OH is 1. The molecule has 0 spiro atoms. The predicted octanol–water partition coefficient (Wildman–Crippen LogP) is 10.5. The zero-order chi connectivity index (χ0) is 29.9. The molecule has 7 nitrogen and oxygen atoms in total. The van der Waals surface area contributed by atoms with Crippen LogP contribution in [-0.2, 0) is 28.8 Å². The molecule has 0 heterocycles. The van der Waals surface area contributed by atoms with Gasteiger partial charge < -0.3 is 14.6 Å². The van der Waals surface area contributed by atoms with E-state index in [0.29, 0.717) is 24.7 Å². The Morgan fingerprint density at radius 2 is 1.16 bits per heavy atom. The van der Waals surface area contributed by atoms with Crippen LogP contribution >= 0.6 is 11.8 Å². The third-order valence-corrected chi connectivity index (χ3v) is 8.04. The topological polar surface area (TPSA) is 91.3 Å². The quantitative estimate of drug-likeness (QED) is 0.0281. The molecule has 0 aliphatic heterocycles. The molecule has 44 heavy (non-hydrogen) atoms. The van der Waals surface area contributed by atoms with Crippen LogP contribution in [0.2, 0.25) is 0 Å². The van der Waals surface area contributed by atoms with E-state index in [4.69, 9.17) is 19.2 Å². The fourth-order valence-corrected chi connectivity index (χ4v) is 4.98. The SMILES string of the molecule is C.C.C.C.C=C(C)C(=O)OCC(O)COOCCSCC(C)(C)C(=O)OCCCCCCCCCCCCCCCCCC. The van der Waals surface area contributed by atoms with Crippen molar-refractivity contribution in [1.29, 1.82) is 0 Å². The smallest absolute Gasteiger partial charge is 0.333 e. The van der Waals surface area contributed by atoms with Crippen LogP contribution in [0.3, 0.4) is 0 Å². The first kappa shape index (κ1) is 52.4. The number of carbonyl (C=O) groups is 2. The number of hydrogen-bond donors (Lipinski definition) is 1. The Balaban J connectivity index is -0.00000127. The summed E-state index contributed by atoms with van der Waals surface area (Å²) in [6.07, 6.45) is 20.2. The van der Waals surface area contributed by atoms with Crippen molar-refractivity contribution in [3.8, 4) is 0 Å². The number of hydrogen-bond acceptors (Lipinski definition) is 8. The number of thioether (sulfide) groups is 1. The van der Waals surface area contributed by atoms with Crippen molar-refractivity contribution >= 4 is 23.7 Å². The Morgan fingerprint density at radius 3 is 1.61 bits per heavy atom. The number of unbranched alkanes of at least 4 members (excludes halogenated alkanes) is 15. The molecule has 0 aromatic carbocycles. The molecule has 0 saturated carbocycles. The van der Waals surface area contributed by atoms with E-state index in [1.165, 1.54) is 96.8 Å². The number of esters is 2. The summed E-state index contributed by atoms with van der Waals surface area (Å²) >= 11 is 1.58. The average molecular weight is 653 g/mol. The van der Waals surface area contributed by atoms with Crippen molar-refractivity contribution in [3.05, 3.63) is 12.2 Å². The zero-order valence-corrected chi connectivity index (χ0v) is 27.0. The van der Waals surface area contributed by atoms with Crippen LogP contribution in [0.4, 0.5) is 0 Å². The molecule has 268 valence electrons. The monoisotopic (exact) mass is 653 g/mol. The van der Waals surface area contributed by atoms with Gasteiger partial charge in [-0.2, -0.15) is 11.8 Å². The van der Waals surface area contributed by atoms with Gasteiger partial charge in [0.2, 0.25) is 0 Å². The number of rotatable bonds is 29. The van der Waals surface area contributed by atoms with E-state index in [2.05, 4.69) is 13.5 Å². The van der Waals surface area contributed by atoms with Gasteiger partial charge in [-0.05, 0) is 27.2 Å². The van der Waals surface area contributed by atoms with Gasteiger partial charge in [0.15, 0.2) is 0 Å². The highest BCUT2D eigenvalue weighted by molar-refractivity contribution is 7.99. The van der Waals surface area contributed by atoms with Crippen molar-refractivity contribution in [1.82, 2.24) is 0 Å². The summed E-state index contributed by atoms with van der Waals surface area (Å²) < 4.78 is 10.4. The minimum atomic E-state index is -0.973. The van der Waals surface area contributed by atoms with Gasteiger partial charge in [0.25, 0.3) is 0 Å². The molecule has 0 aromatic rings. The summed E-state index contributed by atoms with van der Waals surface area (Å²) in [5.41, 5.74) is -0.294. The van der Waals surface area contributed by atoms with Gasteiger partial charge in [-0.25, -0.2) is 14.6 Å². The third-order valence-electron chi connectivity index (χ3n) is 6.66. The number of ether oxygens (including phenoxy) is 2. The highest BCUT2D eigenvalue weighted by Crippen LogP contribution is 2.24. The van der Waals surface area contributed by atoms with Crippen LogP contribution in [0.5, 0.6) is 0 Å². The predicted molar refractivity (Wildman–Crippen MR) is 192 cm³/mol. The summed E-state index contributed by atoms with van der Waals surface area (Å²) in [6, 6.07) is 0. The summed E-state index contributed by atoms with van der Waals surface area (Å²) in [6.45, 7) is 11.6. The Morgan fingerprint density at radius 1 is 0.705 bits per heavy atom. The minimum Gasteiger partial charge on any atom is -0.465 e. The number of aliphatic hydroxyl groups is 1. The van der Waals surface area contributed by atoms with Crippen molar-refractivity contribution in [2.45, 2.75) is 166 Å². The van der Waals surface area contributed by atoms with Gasteiger partial charge in [0, 0.05) is 17.1 Å². The zero-order valence-electron chi connectivity index (χ0n) is 26.1. The second-order valence-electron chi connectivity index (χ2n) is 11.5. The Labute approximate surface area is 278 Å². The largest absolute Gasteiger partial charge is 0.465 e. The van der Waals surface area contributed by atoms with E-state index in [0.717, 1.165) is 12.8 Å². The van der Waals surface area contributed by atoms with Gasteiger partial charge in [-0.1, -0.05) is 140 Å². The number of carbonyl (C=O) groups excluding carboxylic acids is 2. The second-order valence-corrected chi connectivity index (χ2v) is 12.6. The highest BCUT2D eigenvalue weighted by atomic mass is 32.2. The van der Waals surface area contributed by atoms with Gasteiger partial charge in [0.1, 0.15) is 19.3 Å². The first-order valence-electron chi connectivity index (χ1n) is 15.7. The summed E-state index contributed by atoms with van der Waals surface area (Å²) in [5.74, 6) is 0.539. The Hall–Kier alpha value is -1.09. The molecule has 8 heteroatoms. The van der Waals surface area contributed by atoms with E-state index in [9.17, 15) is 14.7 Å². The third kappa shape index (κ3) is 33.8. The molecule has 0 amide bonds. The lowest BCUT2D eigenvalue weighted by atomic mass is 9.97. The highest BCUT2D eigenvalue weighted by Gasteiger charge is 2.29. The Kier molecular flexibility index (Phi) is 43.4. The van der Waals surface area contributed by atoms with Gasteiger partial charge in [0.05, 0.1) is 18.6 Å². The van der Waals surface area contributed by atoms with Gasteiger partial charge in [-0.3, -0.25) is 4.79 Å². The summed E-state index contributed by atoms with van der Waals surface area (Å²) in [5, 5.41) is 9.70. The van der Waals surface area contributed by atoms with Crippen molar-refractivity contribution in [2.24, 2.45) is 5.41 Å². The van der Waals surface area contributed by atoms with E-state index in [1.54, 1.807) is 11.8 Å². The van der Waals surface area contributed by atoms with E-state index in [1.807, 2.05) is 13.8 Å². The molecule has 1 unspecified atom stereocenters. The average Bonchev–Trinajstić information content (AvgIpc) is 2.92. The maximum atomic E-state index is 12.5. The molecule has 0 fully saturated rings. The fourth-order valence-electron chi connectivity index (χ4n) is 4.02. The van der Waals surface area contributed by atoms with Crippen LogP contribution in [-0.4, -0.2) is 61.1 Å². The van der Waals surface area contributed by atoms with E-state index >= 15 is 0 Å². The molecule has 0 bridgehead atoms. The van der Waals surface area contributed by atoms with Crippen LogP contribution in [0.25, 0.3) is 0 Å². The molecule has 0 aliphatic carbocycles. The Bertz CT molecular complexity index is 640. The maximum absolute atomic E-state index is 12.5. The molecule has 0 aromatic heterocycles. The van der Waals surface area contributed by atoms with Crippen LogP contribution < -0.4 is 0 Å². The first-order chi connectivity index (χ1) is 19.2. The van der Waals surface area contributed by atoms with E-state index < -0.39 is 17.5 Å². The molecule has 1 atom stereocenters. The lowest BCUT2D eigenvalue weighted by Crippen LogP contribution is -2.29. The summed E-state index contributed by atoms with van der Waals surface area (Å²) in [7, 11) is 0. The summed E-state index contributed by atoms with van der Waals surface area (Å²) in [4.78, 5) is 33.7. The van der Waals surface area contributed by atoms with Gasteiger partial charge >= 0.3 is 11.9 Å². The standard InChI is InChI=1S/C32H60O7S.4CH4/c1-6-7-8-9-10-11-12-13-14-15-16-17-18-19-20-21-22-36-31(35)32(4,5)27-40-24-23-38-39-26-29(33)25-37-30(34)28(2)3;;;;/h29,33H,2,6-27H2,1,3-5H3;4*1H4.